The Hall–Kier alpha value is -2.50. The molecule has 0 fully saturated rings. The molecule has 0 aliphatic rings. The molecule has 0 radical (unpaired) electrons. The van der Waals surface area contributed by atoms with Crippen molar-refractivity contribution in [3.05, 3.63) is 34.7 Å². The van der Waals surface area contributed by atoms with Crippen LogP contribution in [0.1, 0.15) is 19.8 Å². The van der Waals surface area contributed by atoms with Crippen LogP contribution in [0.4, 0.5) is 0 Å². The summed E-state index contributed by atoms with van der Waals surface area (Å²) in [6.07, 6.45) is 2.65. The number of aliphatic carboxylic acids is 1. The summed E-state index contributed by atoms with van der Waals surface area (Å²) >= 11 is 0. The van der Waals surface area contributed by atoms with Crippen LogP contribution in [0.15, 0.2) is 29.2 Å². The van der Waals surface area contributed by atoms with E-state index in [1.165, 1.54) is 7.11 Å². The van der Waals surface area contributed by atoms with Crippen LogP contribution in [0.2, 0.25) is 0 Å². The van der Waals surface area contributed by atoms with Gasteiger partial charge in [-0.1, -0.05) is 6.92 Å². The number of rotatable bonds is 7. The maximum absolute atomic E-state index is 12.6. The number of carboxylic acids is 1. The Balaban J connectivity index is 2.38. The van der Waals surface area contributed by atoms with E-state index < -0.39 is 11.9 Å². The SMILES string of the molecule is CCC(CCn1ccc2cc(OC)c(OC)cc2c1=O)C(=O)O. The molecule has 1 N–H and O–H groups in total. The van der Waals surface area contributed by atoms with Gasteiger partial charge in [-0.05, 0) is 36.4 Å². The van der Waals surface area contributed by atoms with Crippen molar-refractivity contribution in [1.82, 2.24) is 4.57 Å². The summed E-state index contributed by atoms with van der Waals surface area (Å²) in [6.45, 7) is 2.20. The van der Waals surface area contributed by atoms with Gasteiger partial charge in [0, 0.05) is 12.7 Å². The van der Waals surface area contributed by atoms with Crippen molar-refractivity contribution in [1.29, 1.82) is 0 Å². The second-order valence-electron chi connectivity index (χ2n) is 5.34. The first-order valence-corrected chi connectivity index (χ1v) is 7.49. The molecule has 2 rings (SSSR count). The predicted octanol–water partition coefficient (Wildman–Crippen LogP) is 2.52. The summed E-state index contributed by atoms with van der Waals surface area (Å²) in [5.41, 5.74) is -0.163. The summed E-state index contributed by atoms with van der Waals surface area (Å²) in [5.74, 6) is -0.211. The Morgan fingerprint density at radius 3 is 2.48 bits per heavy atom. The molecule has 1 aromatic carbocycles. The smallest absolute Gasteiger partial charge is 0.306 e. The summed E-state index contributed by atoms with van der Waals surface area (Å²) in [7, 11) is 3.06. The molecule has 6 nitrogen and oxygen atoms in total. The second-order valence-corrected chi connectivity index (χ2v) is 5.34. The molecular weight excluding hydrogens is 298 g/mol. The Morgan fingerprint density at radius 1 is 1.26 bits per heavy atom. The lowest BCUT2D eigenvalue weighted by atomic mass is 10.0. The Kier molecular flexibility index (Phi) is 5.26. The van der Waals surface area contributed by atoms with Gasteiger partial charge in [-0.2, -0.15) is 0 Å². The van der Waals surface area contributed by atoms with Crippen molar-refractivity contribution >= 4 is 16.7 Å². The van der Waals surface area contributed by atoms with Crippen LogP contribution >= 0.6 is 0 Å². The van der Waals surface area contributed by atoms with Gasteiger partial charge in [0.25, 0.3) is 5.56 Å². The zero-order chi connectivity index (χ0) is 17.0. The molecule has 23 heavy (non-hydrogen) atoms. The van der Waals surface area contributed by atoms with Crippen LogP contribution in [-0.2, 0) is 11.3 Å². The third kappa shape index (κ3) is 3.47. The Bertz CT molecular complexity index is 765. The standard InChI is InChI=1S/C17H21NO5/c1-4-11(17(20)21)5-7-18-8-6-12-9-14(22-2)15(23-3)10-13(12)16(18)19/h6,8-11H,4-5,7H2,1-3H3,(H,20,21). The van der Waals surface area contributed by atoms with Crippen LogP contribution in [0.3, 0.4) is 0 Å². The van der Waals surface area contributed by atoms with Gasteiger partial charge in [0.15, 0.2) is 11.5 Å². The number of aromatic nitrogens is 1. The van der Waals surface area contributed by atoms with Crippen LogP contribution in [0, 0.1) is 5.92 Å². The molecule has 0 amide bonds. The minimum atomic E-state index is -0.826. The van der Waals surface area contributed by atoms with Gasteiger partial charge < -0.3 is 19.1 Å². The predicted molar refractivity (Wildman–Crippen MR) is 87.3 cm³/mol. The number of ether oxygens (including phenoxy) is 2. The average Bonchev–Trinajstić information content (AvgIpc) is 2.55. The quantitative estimate of drug-likeness (QED) is 0.848. The fraction of sp³-hybridized carbons (Fsp3) is 0.412. The number of carboxylic acid groups (broad SMARTS) is 1. The summed E-state index contributed by atoms with van der Waals surface area (Å²) in [5, 5.41) is 10.4. The number of fused-ring (bicyclic) bond motifs is 1. The molecule has 0 aliphatic carbocycles. The lowest BCUT2D eigenvalue weighted by molar-refractivity contribution is -0.142. The molecule has 0 saturated heterocycles. The number of hydrogen-bond acceptors (Lipinski definition) is 4. The molecule has 0 bridgehead atoms. The number of nitrogens with zero attached hydrogens (tertiary/aromatic N) is 1. The molecule has 1 atom stereocenters. The maximum Gasteiger partial charge on any atom is 0.306 e. The van der Waals surface area contributed by atoms with Crippen molar-refractivity contribution in [3.63, 3.8) is 0 Å². The first kappa shape index (κ1) is 16.9. The number of methoxy groups -OCH3 is 2. The van der Waals surface area contributed by atoms with E-state index in [0.29, 0.717) is 36.3 Å². The van der Waals surface area contributed by atoms with Gasteiger partial charge in [-0.3, -0.25) is 9.59 Å². The lowest BCUT2D eigenvalue weighted by Crippen LogP contribution is -2.23. The second kappa shape index (κ2) is 7.17. The third-order valence-electron chi connectivity index (χ3n) is 4.04. The minimum Gasteiger partial charge on any atom is -0.493 e. The number of carbonyl (C=O) groups is 1. The monoisotopic (exact) mass is 319 g/mol. The summed E-state index contributed by atoms with van der Waals surface area (Å²) in [4.78, 5) is 23.7. The van der Waals surface area contributed by atoms with Gasteiger partial charge in [0.05, 0.1) is 25.5 Å². The first-order valence-electron chi connectivity index (χ1n) is 7.49. The van der Waals surface area contributed by atoms with E-state index >= 15 is 0 Å². The summed E-state index contributed by atoms with van der Waals surface area (Å²) < 4.78 is 12.0. The normalized spacial score (nSPS) is 12.1. The fourth-order valence-electron chi connectivity index (χ4n) is 2.58. The Morgan fingerprint density at radius 2 is 1.91 bits per heavy atom. The van der Waals surface area contributed by atoms with E-state index in [0.717, 1.165) is 5.39 Å². The Labute approximate surface area is 134 Å². The fourth-order valence-corrected chi connectivity index (χ4v) is 2.58. The van der Waals surface area contributed by atoms with Crippen LogP contribution < -0.4 is 15.0 Å². The number of aryl methyl sites for hydroxylation is 1. The van der Waals surface area contributed by atoms with Crippen LogP contribution in [0.25, 0.3) is 10.8 Å². The van der Waals surface area contributed by atoms with Crippen molar-refractivity contribution in [3.8, 4) is 11.5 Å². The number of hydrogen-bond donors (Lipinski definition) is 1. The topological polar surface area (TPSA) is 77.8 Å². The van der Waals surface area contributed by atoms with E-state index in [4.69, 9.17) is 14.6 Å². The largest absolute Gasteiger partial charge is 0.493 e. The van der Waals surface area contributed by atoms with Gasteiger partial charge in [0.1, 0.15) is 0 Å². The van der Waals surface area contributed by atoms with E-state index in [2.05, 4.69) is 0 Å². The highest BCUT2D eigenvalue weighted by Crippen LogP contribution is 2.30. The molecular formula is C17H21NO5. The summed E-state index contributed by atoms with van der Waals surface area (Å²) in [6, 6.07) is 5.23. The van der Waals surface area contributed by atoms with Crippen molar-refractivity contribution in [2.24, 2.45) is 5.92 Å². The molecule has 0 saturated carbocycles. The highest BCUT2D eigenvalue weighted by Gasteiger charge is 2.16. The van der Waals surface area contributed by atoms with Gasteiger partial charge in [-0.25, -0.2) is 0 Å². The molecule has 1 aromatic heterocycles. The zero-order valence-corrected chi connectivity index (χ0v) is 13.5. The molecule has 1 heterocycles. The van der Waals surface area contributed by atoms with Crippen molar-refractivity contribution < 1.29 is 19.4 Å². The van der Waals surface area contributed by atoms with E-state index in [9.17, 15) is 9.59 Å². The third-order valence-corrected chi connectivity index (χ3v) is 4.04. The molecule has 2 aromatic rings. The number of pyridine rings is 1. The van der Waals surface area contributed by atoms with Crippen LogP contribution in [-0.4, -0.2) is 29.9 Å². The molecule has 1 unspecified atom stereocenters. The van der Waals surface area contributed by atoms with Gasteiger partial charge in [-0.15, -0.1) is 0 Å². The first-order chi connectivity index (χ1) is 11.0. The maximum atomic E-state index is 12.6. The molecule has 6 heteroatoms. The number of benzene rings is 1. The van der Waals surface area contributed by atoms with Crippen LogP contribution in [0.5, 0.6) is 11.5 Å². The van der Waals surface area contributed by atoms with Crippen molar-refractivity contribution in [2.45, 2.75) is 26.3 Å². The van der Waals surface area contributed by atoms with Gasteiger partial charge in [0.2, 0.25) is 0 Å². The van der Waals surface area contributed by atoms with E-state index in [1.54, 1.807) is 30.0 Å². The average molecular weight is 319 g/mol. The van der Waals surface area contributed by atoms with E-state index in [-0.39, 0.29) is 5.56 Å². The minimum absolute atomic E-state index is 0.163. The zero-order valence-electron chi connectivity index (χ0n) is 13.5. The highest BCUT2D eigenvalue weighted by molar-refractivity contribution is 5.85. The lowest BCUT2D eigenvalue weighted by Gasteiger charge is -2.13. The molecule has 124 valence electrons. The van der Waals surface area contributed by atoms with E-state index in [1.807, 2.05) is 13.0 Å². The van der Waals surface area contributed by atoms with Crippen molar-refractivity contribution in [2.75, 3.05) is 14.2 Å². The highest BCUT2D eigenvalue weighted by atomic mass is 16.5. The molecule has 0 spiro atoms. The molecule has 0 aliphatic heterocycles. The van der Waals surface area contributed by atoms with Gasteiger partial charge >= 0.3 is 5.97 Å².